The molecule has 4 nitrogen and oxygen atoms in total. The Morgan fingerprint density at radius 1 is 1.33 bits per heavy atom. The number of benzene rings is 1. The minimum atomic E-state index is -0.0473. The summed E-state index contributed by atoms with van der Waals surface area (Å²) < 4.78 is 6.42. The molecule has 4 heteroatoms. The Bertz CT molecular complexity index is 627. The monoisotopic (exact) mass is 328 g/mol. The Labute approximate surface area is 144 Å². The van der Waals surface area contributed by atoms with Crippen LogP contribution in [0, 0.1) is 18.8 Å². The average molecular weight is 328 g/mol. The Hall–Kier alpha value is -1.39. The van der Waals surface area contributed by atoms with E-state index in [2.05, 4.69) is 55.1 Å². The molecule has 4 rings (SSSR count). The van der Waals surface area contributed by atoms with Crippen molar-refractivity contribution in [1.82, 2.24) is 9.80 Å². The van der Waals surface area contributed by atoms with Crippen molar-refractivity contribution in [3.8, 4) is 0 Å². The van der Waals surface area contributed by atoms with Crippen LogP contribution in [0.1, 0.15) is 24.0 Å². The summed E-state index contributed by atoms with van der Waals surface area (Å²) >= 11 is 0. The second kappa shape index (κ2) is 5.85. The molecule has 3 saturated heterocycles. The summed E-state index contributed by atoms with van der Waals surface area (Å²) in [7, 11) is 4.27. The van der Waals surface area contributed by atoms with Crippen molar-refractivity contribution in [2.45, 2.75) is 37.9 Å². The minimum Gasteiger partial charge on any atom is -0.369 e. The summed E-state index contributed by atoms with van der Waals surface area (Å²) in [6.07, 6.45) is 3.20. The van der Waals surface area contributed by atoms with E-state index in [-0.39, 0.29) is 11.5 Å². The number of carbonyl (C=O) groups excluding carboxylic acids is 1. The molecule has 0 aliphatic carbocycles. The maximum atomic E-state index is 12.8. The summed E-state index contributed by atoms with van der Waals surface area (Å²) in [4.78, 5) is 17.1. The number of nitrogens with zero attached hydrogens (tertiary/aromatic N) is 2. The van der Waals surface area contributed by atoms with Gasteiger partial charge in [-0.25, -0.2) is 0 Å². The van der Waals surface area contributed by atoms with Crippen LogP contribution in [0.5, 0.6) is 0 Å². The normalized spacial score (nSPS) is 34.2. The van der Waals surface area contributed by atoms with Gasteiger partial charge in [0.15, 0.2) is 0 Å². The maximum absolute atomic E-state index is 12.8. The topological polar surface area (TPSA) is 32.8 Å². The fraction of sp³-hybridized carbons (Fsp3) is 0.650. The summed E-state index contributed by atoms with van der Waals surface area (Å²) in [5.74, 6) is 1.34. The van der Waals surface area contributed by atoms with Crippen LogP contribution in [0.2, 0.25) is 0 Å². The molecule has 1 amide bonds. The van der Waals surface area contributed by atoms with Crippen LogP contribution in [0.4, 0.5) is 0 Å². The standard InChI is InChI=1S/C20H28N2O2/c1-14-4-6-15(7-5-14)10-19(23)22-12-17-16(11-21(2)3)18-8-9-20(17,13-22)24-18/h4-7,16-18H,8-13H2,1-3H3/t16-,17+,18+,20+/m0/s1. The van der Waals surface area contributed by atoms with Gasteiger partial charge in [0.1, 0.15) is 0 Å². The highest BCUT2D eigenvalue weighted by atomic mass is 16.5. The highest BCUT2D eigenvalue weighted by Gasteiger charge is 2.63. The highest BCUT2D eigenvalue weighted by Crippen LogP contribution is 2.54. The van der Waals surface area contributed by atoms with Gasteiger partial charge in [-0.2, -0.15) is 0 Å². The maximum Gasteiger partial charge on any atom is 0.227 e. The van der Waals surface area contributed by atoms with Crippen LogP contribution in [-0.4, -0.2) is 61.1 Å². The van der Waals surface area contributed by atoms with Gasteiger partial charge in [-0.3, -0.25) is 4.79 Å². The molecule has 2 bridgehead atoms. The number of hydrogen-bond donors (Lipinski definition) is 0. The number of likely N-dealkylation sites (tertiary alicyclic amines) is 1. The van der Waals surface area contributed by atoms with E-state index in [9.17, 15) is 4.79 Å². The fourth-order valence-corrected chi connectivity index (χ4v) is 5.04. The minimum absolute atomic E-state index is 0.0473. The Kier molecular flexibility index (Phi) is 3.92. The van der Waals surface area contributed by atoms with E-state index in [1.54, 1.807) is 0 Å². The molecule has 1 aromatic rings. The third-order valence-corrected chi connectivity index (χ3v) is 6.19. The van der Waals surface area contributed by atoms with Gasteiger partial charge < -0.3 is 14.5 Å². The zero-order valence-corrected chi connectivity index (χ0v) is 15.0. The molecule has 0 unspecified atom stereocenters. The largest absolute Gasteiger partial charge is 0.369 e. The Morgan fingerprint density at radius 2 is 2.08 bits per heavy atom. The van der Waals surface area contributed by atoms with Gasteiger partial charge in [0.2, 0.25) is 5.91 Å². The summed E-state index contributed by atoms with van der Waals surface area (Å²) in [6, 6.07) is 8.30. The molecule has 0 aromatic heterocycles. The first-order chi connectivity index (χ1) is 11.5. The summed E-state index contributed by atoms with van der Waals surface area (Å²) in [5.41, 5.74) is 2.29. The Morgan fingerprint density at radius 3 is 2.79 bits per heavy atom. The molecule has 0 N–H and O–H groups in total. The number of rotatable bonds is 4. The second-order valence-electron chi connectivity index (χ2n) is 8.23. The molecular formula is C20H28N2O2. The predicted molar refractivity (Wildman–Crippen MR) is 93.8 cm³/mol. The lowest BCUT2D eigenvalue weighted by molar-refractivity contribution is -0.131. The number of ether oxygens (including phenoxy) is 1. The van der Waals surface area contributed by atoms with Gasteiger partial charge >= 0.3 is 0 Å². The van der Waals surface area contributed by atoms with E-state index in [1.807, 2.05) is 0 Å². The van der Waals surface area contributed by atoms with E-state index in [0.29, 0.717) is 24.4 Å². The molecule has 130 valence electrons. The molecule has 3 aliphatic rings. The van der Waals surface area contributed by atoms with Crippen LogP contribution in [0.3, 0.4) is 0 Å². The summed E-state index contributed by atoms with van der Waals surface area (Å²) in [6.45, 7) is 4.81. The molecule has 3 heterocycles. The Balaban J connectivity index is 1.45. The van der Waals surface area contributed by atoms with E-state index in [0.717, 1.165) is 38.0 Å². The van der Waals surface area contributed by atoms with E-state index >= 15 is 0 Å². The quantitative estimate of drug-likeness (QED) is 0.849. The number of carbonyl (C=O) groups is 1. The van der Waals surface area contributed by atoms with Gasteiger partial charge in [0.05, 0.1) is 24.7 Å². The van der Waals surface area contributed by atoms with Crippen molar-refractivity contribution in [1.29, 1.82) is 0 Å². The molecule has 3 aliphatic heterocycles. The molecule has 1 aromatic carbocycles. The van der Waals surface area contributed by atoms with Crippen molar-refractivity contribution in [2.24, 2.45) is 11.8 Å². The first kappa shape index (κ1) is 16.1. The first-order valence-electron chi connectivity index (χ1n) is 9.13. The molecule has 3 fully saturated rings. The van der Waals surface area contributed by atoms with Crippen LogP contribution in [0.25, 0.3) is 0 Å². The van der Waals surface area contributed by atoms with Gasteiger partial charge in [-0.05, 0) is 39.4 Å². The van der Waals surface area contributed by atoms with Gasteiger partial charge in [0, 0.05) is 24.9 Å². The molecular weight excluding hydrogens is 300 g/mol. The summed E-state index contributed by atoms with van der Waals surface area (Å²) in [5, 5.41) is 0. The van der Waals surface area contributed by atoms with Crippen molar-refractivity contribution < 1.29 is 9.53 Å². The lowest BCUT2D eigenvalue weighted by atomic mass is 9.73. The third-order valence-electron chi connectivity index (χ3n) is 6.19. The number of fused-ring (bicyclic) bond motifs is 1. The van der Waals surface area contributed by atoms with Gasteiger partial charge in [0.25, 0.3) is 0 Å². The number of hydrogen-bond acceptors (Lipinski definition) is 3. The highest BCUT2D eigenvalue weighted by molar-refractivity contribution is 5.79. The van der Waals surface area contributed by atoms with E-state index in [4.69, 9.17) is 4.74 Å². The van der Waals surface area contributed by atoms with Gasteiger partial charge in [-0.1, -0.05) is 29.8 Å². The molecule has 0 radical (unpaired) electrons. The zero-order chi connectivity index (χ0) is 16.9. The number of aryl methyl sites for hydroxylation is 1. The van der Waals surface area contributed by atoms with Crippen LogP contribution >= 0.6 is 0 Å². The van der Waals surface area contributed by atoms with Crippen LogP contribution < -0.4 is 0 Å². The van der Waals surface area contributed by atoms with Crippen molar-refractivity contribution >= 4 is 5.91 Å². The first-order valence-corrected chi connectivity index (χ1v) is 9.13. The molecule has 24 heavy (non-hydrogen) atoms. The molecule has 4 atom stereocenters. The van der Waals surface area contributed by atoms with Crippen molar-refractivity contribution in [2.75, 3.05) is 33.7 Å². The van der Waals surface area contributed by atoms with Crippen molar-refractivity contribution in [3.05, 3.63) is 35.4 Å². The lowest BCUT2D eigenvalue weighted by Crippen LogP contribution is -2.40. The number of amides is 1. The lowest BCUT2D eigenvalue weighted by Gasteiger charge is -2.30. The molecule has 0 saturated carbocycles. The molecule has 1 spiro atoms. The van der Waals surface area contributed by atoms with Gasteiger partial charge in [-0.15, -0.1) is 0 Å². The van der Waals surface area contributed by atoms with E-state index < -0.39 is 0 Å². The van der Waals surface area contributed by atoms with Crippen molar-refractivity contribution in [3.63, 3.8) is 0 Å². The zero-order valence-electron chi connectivity index (χ0n) is 15.0. The SMILES string of the molecule is Cc1ccc(CC(=O)N2C[C@@H]3[C@H](CN(C)C)[C@H]4CC[C@]3(C2)O4)cc1. The van der Waals surface area contributed by atoms with E-state index in [1.165, 1.54) is 5.56 Å². The average Bonchev–Trinajstić information content (AvgIpc) is 3.19. The third kappa shape index (κ3) is 2.66. The van der Waals surface area contributed by atoms with Crippen LogP contribution in [0.15, 0.2) is 24.3 Å². The predicted octanol–water partition coefficient (Wildman–Crippen LogP) is 2.11. The second-order valence-corrected chi connectivity index (χ2v) is 8.23. The van der Waals surface area contributed by atoms with Crippen LogP contribution in [-0.2, 0) is 16.0 Å². The fourth-order valence-electron chi connectivity index (χ4n) is 5.04. The smallest absolute Gasteiger partial charge is 0.227 e.